The Morgan fingerprint density at radius 1 is 1.36 bits per heavy atom. The standard InChI is InChI=1S/C17H16F2N2O4/c1-2-25-17(24)10-7-20-14-12(19)4-3-11(18)13(14)15(10)21-6-5-9(8-21)16(22)23/h3-4,7,9H,2,5-6,8H2,1H3,(H,22,23). The van der Waals surface area contributed by atoms with E-state index in [-0.39, 0.29) is 35.3 Å². The Morgan fingerprint density at radius 2 is 2.08 bits per heavy atom. The summed E-state index contributed by atoms with van der Waals surface area (Å²) in [7, 11) is 0. The number of esters is 1. The van der Waals surface area contributed by atoms with Gasteiger partial charge >= 0.3 is 11.9 Å². The van der Waals surface area contributed by atoms with Crippen molar-refractivity contribution in [1.29, 1.82) is 0 Å². The molecule has 0 radical (unpaired) electrons. The van der Waals surface area contributed by atoms with Crippen LogP contribution in [0.4, 0.5) is 14.5 Å². The highest BCUT2D eigenvalue weighted by atomic mass is 19.1. The van der Waals surface area contributed by atoms with E-state index in [0.717, 1.165) is 18.3 Å². The summed E-state index contributed by atoms with van der Waals surface area (Å²) >= 11 is 0. The molecule has 0 spiro atoms. The van der Waals surface area contributed by atoms with E-state index in [0.29, 0.717) is 13.0 Å². The largest absolute Gasteiger partial charge is 0.481 e. The van der Waals surface area contributed by atoms with Gasteiger partial charge in [-0.25, -0.2) is 13.6 Å². The zero-order chi connectivity index (χ0) is 18.1. The summed E-state index contributed by atoms with van der Waals surface area (Å²) in [6.07, 6.45) is 1.49. The molecule has 8 heteroatoms. The van der Waals surface area contributed by atoms with Crippen LogP contribution in [0.3, 0.4) is 0 Å². The molecule has 132 valence electrons. The molecule has 0 aliphatic carbocycles. The Hall–Kier alpha value is -2.77. The number of anilines is 1. The molecule has 0 amide bonds. The number of hydrogen-bond donors (Lipinski definition) is 1. The van der Waals surface area contributed by atoms with E-state index in [4.69, 9.17) is 4.74 Å². The average Bonchev–Trinajstić information content (AvgIpc) is 3.07. The number of hydrogen-bond acceptors (Lipinski definition) is 5. The zero-order valence-corrected chi connectivity index (χ0v) is 13.5. The molecule has 2 heterocycles. The zero-order valence-electron chi connectivity index (χ0n) is 13.5. The van der Waals surface area contributed by atoms with Crippen molar-refractivity contribution in [2.45, 2.75) is 13.3 Å². The average molecular weight is 350 g/mol. The molecule has 1 saturated heterocycles. The minimum atomic E-state index is -0.967. The summed E-state index contributed by atoms with van der Waals surface area (Å²) in [4.78, 5) is 28.9. The fraction of sp³-hybridized carbons (Fsp3) is 0.353. The highest BCUT2D eigenvalue weighted by Gasteiger charge is 2.33. The number of carboxylic acids is 1. The molecule has 0 bridgehead atoms. The number of ether oxygens (including phenoxy) is 1. The van der Waals surface area contributed by atoms with Gasteiger partial charge in [0.2, 0.25) is 0 Å². The Morgan fingerprint density at radius 3 is 2.72 bits per heavy atom. The van der Waals surface area contributed by atoms with Gasteiger partial charge in [0.25, 0.3) is 0 Å². The monoisotopic (exact) mass is 350 g/mol. The van der Waals surface area contributed by atoms with E-state index in [1.165, 1.54) is 0 Å². The molecule has 0 saturated carbocycles. The molecular formula is C17H16F2N2O4. The normalized spacial score (nSPS) is 17.1. The molecule has 1 aliphatic rings. The summed E-state index contributed by atoms with van der Waals surface area (Å²) in [6, 6.07) is 1.92. The highest BCUT2D eigenvalue weighted by Crippen LogP contribution is 2.36. The van der Waals surface area contributed by atoms with Crippen LogP contribution in [-0.4, -0.2) is 41.7 Å². The smallest absolute Gasteiger partial charge is 0.341 e. The SMILES string of the molecule is CCOC(=O)c1cnc2c(F)ccc(F)c2c1N1CCC(C(=O)O)C1. The maximum atomic E-state index is 14.5. The first-order valence-corrected chi connectivity index (χ1v) is 7.85. The van der Waals surface area contributed by atoms with Gasteiger partial charge in [0.1, 0.15) is 22.7 Å². The van der Waals surface area contributed by atoms with Crippen LogP contribution in [-0.2, 0) is 9.53 Å². The third kappa shape index (κ3) is 2.99. The van der Waals surface area contributed by atoms with Crippen LogP contribution in [0.1, 0.15) is 23.7 Å². The number of benzene rings is 1. The number of aliphatic carboxylic acids is 1. The minimum Gasteiger partial charge on any atom is -0.481 e. The number of carbonyl (C=O) groups is 2. The van der Waals surface area contributed by atoms with Crippen molar-refractivity contribution in [2.75, 3.05) is 24.6 Å². The van der Waals surface area contributed by atoms with Crippen molar-refractivity contribution in [2.24, 2.45) is 5.92 Å². The Kier molecular flexibility index (Phi) is 4.52. The van der Waals surface area contributed by atoms with Gasteiger partial charge in [0.15, 0.2) is 0 Å². The molecule has 1 aromatic heterocycles. The van der Waals surface area contributed by atoms with Crippen LogP contribution in [0.25, 0.3) is 10.9 Å². The molecule has 6 nitrogen and oxygen atoms in total. The molecule has 1 atom stereocenters. The van der Waals surface area contributed by atoms with E-state index >= 15 is 0 Å². The molecule has 1 fully saturated rings. The summed E-state index contributed by atoms with van der Waals surface area (Å²) < 4.78 is 33.5. The third-order valence-electron chi connectivity index (χ3n) is 4.24. The number of carbonyl (C=O) groups excluding carboxylic acids is 1. The number of fused-ring (bicyclic) bond motifs is 1. The first-order valence-electron chi connectivity index (χ1n) is 7.85. The lowest BCUT2D eigenvalue weighted by Gasteiger charge is -2.23. The third-order valence-corrected chi connectivity index (χ3v) is 4.24. The minimum absolute atomic E-state index is 0.00936. The number of halogens is 2. The number of pyridine rings is 1. The van der Waals surface area contributed by atoms with Crippen LogP contribution in [0.15, 0.2) is 18.3 Å². The molecule has 1 aromatic carbocycles. The van der Waals surface area contributed by atoms with Crippen LogP contribution in [0.5, 0.6) is 0 Å². The van der Waals surface area contributed by atoms with Crippen LogP contribution in [0, 0.1) is 17.6 Å². The Labute approximate surface area is 142 Å². The fourth-order valence-electron chi connectivity index (χ4n) is 3.07. The van der Waals surface area contributed by atoms with Gasteiger partial charge < -0.3 is 14.7 Å². The summed E-state index contributed by atoms with van der Waals surface area (Å²) in [5.74, 6) is -3.78. The van der Waals surface area contributed by atoms with Crippen LogP contribution >= 0.6 is 0 Å². The number of aromatic nitrogens is 1. The maximum Gasteiger partial charge on any atom is 0.341 e. The van der Waals surface area contributed by atoms with E-state index in [2.05, 4.69) is 4.98 Å². The topological polar surface area (TPSA) is 79.7 Å². The molecule has 25 heavy (non-hydrogen) atoms. The number of carboxylic acid groups (broad SMARTS) is 1. The van der Waals surface area contributed by atoms with Crippen molar-refractivity contribution in [1.82, 2.24) is 4.98 Å². The van der Waals surface area contributed by atoms with E-state index in [1.807, 2.05) is 0 Å². The second kappa shape index (κ2) is 6.62. The molecule has 1 unspecified atom stereocenters. The molecule has 3 rings (SSSR count). The first kappa shape index (κ1) is 17.1. The second-order valence-electron chi connectivity index (χ2n) is 5.76. The van der Waals surface area contributed by atoms with Gasteiger partial charge in [-0.1, -0.05) is 0 Å². The highest BCUT2D eigenvalue weighted by molar-refractivity contribution is 6.05. The molecule has 1 aliphatic heterocycles. The van der Waals surface area contributed by atoms with E-state index in [1.54, 1.807) is 11.8 Å². The maximum absolute atomic E-state index is 14.5. The van der Waals surface area contributed by atoms with Crippen molar-refractivity contribution in [3.8, 4) is 0 Å². The van der Waals surface area contributed by atoms with Crippen molar-refractivity contribution < 1.29 is 28.2 Å². The van der Waals surface area contributed by atoms with Gasteiger partial charge in [0.05, 0.1) is 23.6 Å². The summed E-state index contributed by atoms with van der Waals surface area (Å²) in [5, 5.41) is 9.05. The summed E-state index contributed by atoms with van der Waals surface area (Å²) in [6.45, 7) is 2.14. The van der Waals surface area contributed by atoms with Crippen molar-refractivity contribution >= 4 is 28.5 Å². The van der Waals surface area contributed by atoms with Gasteiger partial charge in [0, 0.05) is 19.3 Å². The quantitative estimate of drug-likeness (QED) is 0.854. The van der Waals surface area contributed by atoms with Crippen LogP contribution in [0.2, 0.25) is 0 Å². The lowest BCUT2D eigenvalue weighted by atomic mass is 10.1. The first-order chi connectivity index (χ1) is 11.9. The van der Waals surface area contributed by atoms with Gasteiger partial charge in [-0.05, 0) is 25.5 Å². The lowest BCUT2D eigenvalue weighted by Crippen LogP contribution is -2.25. The fourth-order valence-corrected chi connectivity index (χ4v) is 3.07. The van der Waals surface area contributed by atoms with E-state index in [9.17, 15) is 23.5 Å². The van der Waals surface area contributed by atoms with Gasteiger partial charge in [-0.2, -0.15) is 0 Å². The molecular weight excluding hydrogens is 334 g/mol. The summed E-state index contributed by atoms with van der Waals surface area (Å²) in [5.41, 5.74) is -0.0871. The van der Waals surface area contributed by atoms with Gasteiger partial charge in [-0.3, -0.25) is 9.78 Å². The molecule has 2 aromatic rings. The van der Waals surface area contributed by atoms with Crippen molar-refractivity contribution in [3.63, 3.8) is 0 Å². The second-order valence-corrected chi connectivity index (χ2v) is 5.76. The molecule has 1 N–H and O–H groups in total. The van der Waals surface area contributed by atoms with Gasteiger partial charge in [-0.15, -0.1) is 0 Å². The van der Waals surface area contributed by atoms with E-state index < -0.39 is 29.5 Å². The lowest BCUT2D eigenvalue weighted by molar-refractivity contribution is -0.140. The predicted octanol–water partition coefficient (Wildman–Crippen LogP) is 2.60. The van der Waals surface area contributed by atoms with Crippen LogP contribution < -0.4 is 4.90 Å². The predicted molar refractivity (Wildman–Crippen MR) is 85.6 cm³/mol. The number of nitrogens with zero attached hydrogens (tertiary/aromatic N) is 2. The Bertz CT molecular complexity index is 856. The number of rotatable bonds is 4. The van der Waals surface area contributed by atoms with Crippen molar-refractivity contribution in [3.05, 3.63) is 35.5 Å². The Balaban J connectivity index is 2.21.